The van der Waals surface area contributed by atoms with E-state index < -0.39 is 22.0 Å². The second-order valence-corrected chi connectivity index (χ2v) is 9.74. The number of anilines is 3. The first-order chi connectivity index (χ1) is 16.6. The van der Waals surface area contributed by atoms with Gasteiger partial charge < -0.3 is 21.1 Å². The number of carbonyl (C=O) groups excluding carboxylic acids is 2. The highest BCUT2D eigenvalue weighted by molar-refractivity contribution is 7.92. The van der Waals surface area contributed by atoms with E-state index in [1.54, 1.807) is 73.7 Å². The SMILES string of the molecule is COc1ccc(N(CCC(=O)Nc2cccc(NC(N)=O)c2)S(=O)(=O)c2ccc(C)cc2C)cc1. The van der Waals surface area contributed by atoms with Crippen molar-refractivity contribution in [2.75, 3.05) is 28.6 Å². The molecule has 0 atom stereocenters. The minimum atomic E-state index is -3.96. The molecular weight excluding hydrogens is 468 g/mol. The first-order valence-corrected chi connectivity index (χ1v) is 12.2. The number of aryl methyl sites for hydroxylation is 2. The number of nitrogens with two attached hydrogens (primary N) is 1. The van der Waals surface area contributed by atoms with Gasteiger partial charge in [0, 0.05) is 24.3 Å². The second-order valence-electron chi connectivity index (χ2n) is 7.91. The van der Waals surface area contributed by atoms with E-state index in [-0.39, 0.29) is 17.9 Å². The highest BCUT2D eigenvalue weighted by Gasteiger charge is 2.27. The molecule has 0 bridgehead atoms. The molecule has 10 heteroatoms. The van der Waals surface area contributed by atoms with Gasteiger partial charge in [0.2, 0.25) is 5.91 Å². The fourth-order valence-corrected chi connectivity index (χ4v) is 5.26. The number of ether oxygens (including phenoxy) is 1. The van der Waals surface area contributed by atoms with Crippen LogP contribution in [0, 0.1) is 13.8 Å². The highest BCUT2D eigenvalue weighted by atomic mass is 32.2. The molecule has 3 rings (SSSR count). The zero-order valence-corrected chi connectivity index (χ0v) is 20.6. The van der Waals surface area contributed by atoms with Crippen molar-refractivity contribution in [3.8, 4) is 5.75 Å². The maximum Gasteiger partial charge on any atom is 0.316 e. The molecule has 184 valence electrons. The van der Waals surface area contributed by atoms with E-state index in [1.807, 2.05) is 6.92 Å². The standard InChI is InChI=1S/C25H28N4O5S/c1-17-7-12-23(18(2)15-17)35(32,33)29(21-8-10-22(34-3)11-9-21)14-13-24(30)27-19-5-4-6-20(16-19)28-25(26)31/h4-12,15-16H,13-14H2,1-3H3,(H,27,30)(H3,26,28,31). The predicted molar refractivity (Wildman–Crippen MR) is 136 cm³/mol. The lowest BCUT2D eigenvalue weighted by atomic mass is 10.2. The van der Waals surface area contributed by atoms with Crippen LogP contribution in [0.2, 0.25) is 0 Å². The number of amides is 3. The summed E-state index contributed by atoms with van der Waals surface area (Å²) in [6, 6.07) is 17.5. The lowest BCUT2D eigenvalue weighted by molar-refractivity contribution is -0.116. The number of sulfonamides is 1. The van der Waals surface area contributed by atoms with Gasteiger partial charge in [-0.25, -0.2) is 13.2 Å². The number of primary amides is 1. The van der Waals surface area contributed by atoms with Crippen LogP contribution in [0.25, 0.3) is 0 Å². The third kappa shape index (κ3) is 6.51. The van der Waals surface area contributed by atoms with Crippen LogP contribution in [0.1, 0.15) is 17.5 Å². The van der Waals surface area contributed by atoms with Crippen LogP contribution in [-0.2, 0) is 14.8 Å². The van der Waals surface area contributed by atoms with Crippen LogP contribution in [0.5, 0.6) is 5.75 Å². The summed E-state index contributed by atoms with van der Waals surface area (Å²) in [6.45, 7) is 3.54. The van der Waals surface area contributed by atoms with Crippen LogP contribution >= 0.6 is 0 Å². The van der Waals surface area contributed by atoms with Gasteiger partial charge in [-0.1, -0.05) is 23.8 Å². The zero-order valence-electron chi connectivity index (χ0n) is 19.7. The Kier molecular flexibility index (Phi) is 7.98. The average molecular weight is 497 g/mol. The highest BCUT2D eigenvalue weighted by Crippen LogP contribution is 2.28. The third-order valence-corrected chi connectivity index (χ3v) is 7.20. The first kappa shape index (κ1) is 25.6. The number of benzene rings is 3. The molecule has 4 N–H and O–H groups in total. The number of hydrogen-bond acceptors (Lipinski definition) is 5. The van der Waals surface area contributed by atoms with Gasteiger partial charge in [0.15, 0.2) is 0 Å². The van der Waals surface area contributed by atoms with Crippen LogP contribution in [0.3, 0.4) is 0 Å². The summed E-state index contributed by atoms with van der Waals surface area (Å²) >= 11 is 0. The summed E-state index contributed by atoms with van der Waals surface area (Å²) in [7, 11) is -2.43. The second kappa shape index (κ2) is 10.9. The van der Waals surface area contributed by atoms with E-state index in [1.165, 1.54) is 11.4 Å². The minimum absolute atomic E-state index is 0.0902. The summed E-state index contributed by atoms with van der Waals surface area (Å²) in [4.78, 5) is 23.9. The Hall–Kier alpha value is -4.05. The molecule has 0 aliphatic carbocycles. The lowest BCUT2D eigenvalue weighted by Gasteiger charge is -2.25. The van der Waals surface area contributed by atoms with E-state index in [0.717, 1.165) is 5.56 Å². The van der Waals surface area contributed by atoms with E-state index in [2.05, 4.69) is 10.6 Å². The Morgan fingerprint density at radius 1 is 0.943 bits per heavy atom. The van der Waals surface area contributed by atoms with E-state index >= 15 is 0 Å². The van der Waals surface area contributed by atoms with Crippen molar-refractivity contribution < 1.29 is 22.7 Å². The molecule has 3 aromatic carbocycles. The molecular formula is C25H28N4O5S. The number of carbonyl (C=O) groups is 2. The van der Waals surface area contributed by atoms with Crippen molar-refractivity contribution in [3.05, 3.63) is 77.9 Å². The van der Waals surface area contributed by atoms with Gasteiger partial charge in [0.25, 0.3) is 10.0 Å². The maximum absolute atomic E-state index is 13.6. The summed E-state index contributed by atoms with van der Waals surface area (Å²) in [5.41, 5.74) is 7.97. The molecule has 0 fully saturated rings. The third-order valence-electron chi connectivity index (χ3n) is 5.21. The minimum Gasteiger partial charge on any atom is -0.497 e. The van der Waals surface area contributed by atoms with Gasteiger partial charge in [-0.15, -0.1) is 0 Å². The average Bonchev–Trinajstić information content (AvgIpc) is 2.79. The zero-order chi connectivity index (χ0) is 25.6. The van der Waals surface area contributed by atoms with Crippen molar-refractivity contribution in [1.29, 1.82) is 0 Å². The van der Waals surface area contributed by atoms with E-state index in [4.69, 9.17) is 10.5 Å². The normalized spacial score (nSPS) is 10.9. The van der Waals surface area contributed by atoms with Gasteiger partial charge in [-0.05, 0) is 67.9 Å². The molecule has 3 aromatic rings. The van der Waals surface area contributed by atoms with Gasteiger partial charge in [-0.2, -0.15) is 0 Å². The molecule has 0 saturated heterocycles. The molecule has 0 spiro atoms. The Balaban J connectivity index is 1.84. The number of nitrogens with one attached hydrogen (secondary N) is 2. The maximum atomic E-state index is 13.6. The predicted octanol–water partition coefficient (Wildman–Crippen LogP) is 4.03. The molecule has 0 aromatic heterocycles. The Morgan fingerprint density at radius 3 is 2.20 bits per heavy atom. The van der Waals surface area contributed by atoms with Gasteiger partial charge >= 0.3 is 6.03 Å². The molecule has 0 radical (unpaired) electrons. The lowest BCUT2D eigenvalue weighted by Crippen LogP contribution is -2.34. The van der Waals surface area contributed by atoms with E-state index in [9.17, 15) is 18.0 Å². The summed E-state index contributed by atoms with van der Waals surface area (Å²) < 4.78 is 33.7. The quantitative estimate of drug-likeness (QED) is 0.412. The van der Waals surface area contributed by atoms with Crippen LogP contribution in [0.4, 0.5) is 21.9 Å². The fourth-order valence-electron chi connectivity index (χ4n) is 3.59. The topological polar surface area (TPSA) is 131 Å². The van der Waals surface area contributed by atoms with Gasteiger partial charge in [0.1, 0.15) is 5.75 Å². The number of rotatable bonds is 9. The Bertz CT molecular complexity index is 1320. The van der Waals surface area contributed by atoms with Gasteiger partial charge in [0.05, 0.1) is 17.7 Å². The molecule has 0 saturated carbocycles. The van der Waals surface area contributed by atoms with Gasteiger partial charge in [-0.3, -0.25) is 9.10 Å². The molecule has 35 heavy (non-hydrogen) atoms. The molecule has 0 aliphatic heterocycles. The summed E-state index contributed by atoms with van der Waals surface area (Å²) in [5.74, 6) is 0.190. The number of hydrogen-bond donors (Lipinski definition) is 3. The largest absolute Gasteiger partial charge is 0.497 e. The molecule has 0 aliphatic rings. The molecule has 0 unspecified atom stereocenters. The molecule has 3 amide bonds. The summed E-state index contributed by atoms with van der Waals surface area (Å²) in [5, 5.41) is 5.15. The van der Waals surface area contributed by atoms with Crippen LogP contribution in [0.15, 0.2) is 71.6 Å². The van der Waals surface area contributed by atoms with Crippen LogP contribution in [-0.4, -0.2) is 34.0 Å². The van der Waals surface area contributed by atoms with Crippen molar-refractivity contribution in [1.82, 2.24) is 0 Å². The molecule has 0 heterocycles. The first-order valence-electron chi connectivity index (χ1n) is 10.8. The Labute approximate surface area is 204 Å². The van der Waals surface area contributed by atoms with Crippen molar-refractivity contribution >= 4 is 39.0 Å². The molecule has 9 nitrogen and oxygen atoms in total. The number of methoxy groups -OCH3 is 1. The Morgan fingerprint density at radius 2 is 1.60 bits per heavy atom. The number of nitrogens with zero attached hydrogens (tertiary/aromatic N) is 1. The number of urea groups is 1. The fraction of sp³-hybridized carbons (Fsp3) is 0.200. The van der Waals surface area contributed by atoms with Crippen LogP contribution < -0.4 is 25.4 Å². The van der Waals surface area contributed by atoms with Crippen molar-refractivity contribution in [2.45, 2.75) is 25.2 Å². The smallest absolute Gasteiger partial charge is 0.316 e. The van der Waals surface area contributed by atoms with Crippen molar-refractivity contribution in [3.63, 3.8) is 0 Å². The van der Waals surface area contributed by atoms with E-state index in [0.29, 0.717) is 28.4 Å². The summed E-state index contributed by atoms with van der Waals surface area (Å²) in [6.07, 6.45) is -0.107. The monoisotopic (exact) mass is 496 g/mol. The van der Waals surface area contributed by atoms with Crippen molar-refractivity contribution in [2.24, 2.45) is 5.73 Å².